The van der Waals surface area contributed by atoms with E-state index in [9.17, 15) is 0 Å². The Hall–Kier alpha value is -1.69. The smallest absolute Gasteiger partial charge is 0.227 e. The Kier molecular flexibility index (Phi) is 4.26. The van der Waals surface area contributed by atoms with E-state index >= 15 is 0 Å². The average Bonchev–Trinajstić information content (AvgIpc) is 2.96. The Labute approximate surface area is 100 Å². The Morgan fingerprint density at radius 1 is 1.47 bits per heavy atom. The molecule has 0 atom stereocenters. The van der Waals surface area contributed by atoms with E-state index < -0.39 is 0 Å². The second kappa shape index (κ2) is 6.15. The zero-order valence-electron chi connectivity index (χ0n) is 9.96. The highest BCUT2D eigenvalue weighted by atomic mass is 16.5. The minimum atomic E-state index is 0.666. The summed E-state index contributed by atoms with van der Waals surface area (Å²) in [5.41, 5.74) is 1.20. The zero-order valence-corrected chi connectivity index (χ0v) is 9.96. The predicted molar refractivity (Wildman–Crippen MR) is 62.2 cm³/mol. The maximum atomic E-state index is 4.90. The van der Waals surface area contributed by atoms with Crippen LogP contribution in [-0.4, -0.2) is 26.5 Å². The molecule has 1 N–H and O–H groups in total. The van der Waals surface area contributed by atoms with Gasteiger partial charge in [0.05, 0.1) is 6.20 Å². The van der Waals surface area contributed by atoms with E-state index in [1.807, 2.05) is 10.9 Å². The summed E-state index contributed by atoms with van der Waals surface area (Å²) in [7, 11) is 0. The molecule has 0 saturated carbocycles. The van der Waals surface area contributed by atoms with Gasteiger partial charge in [-0.05, 0) is 6.42 Å². The normalized spacial score (nSPS) is 10.9. The number of aromatic nitrogens is 4. The molecule has 0 radical (unpaired) electrons. The fraction of sp³-hybridized carbons (Fsp3) is 0.545. The molecule has 0 aliphatic rings. The molecule has 92 valence electrons. The maximum absolute atomic E-state index is 4.90. The number of nitrogens with zero attached hydrogens (tertiary/aromatic N) is 4. The van der Waals surface area contributed by atoms with E-state index in [4.69, 9.17) is 4.52 Å². The van der Waals surface area contributed by atoms with Crippen LogP contribution >= 0.6 is 0 Å². The monoisotopic (exact) mass is 235 g/mol. The molecule has 0 aliphatic heterocycles. The topological polar surface area (TPSA) is 68.8 Å². The van der Waals surface area contributed by atoms with Gasteiger partial charge in [0.25, 0.3) is 0 Å². The SMILES string of the molecule is CCCn1cc(CNCCc2ncno2)cn1. The maximum Gasteiger partial charge on any atom is 0.227 e. The molecule has 17 heavy (non-hydrogen) atoms. The van der Waals surface area contributed by atoms with Crippen LogP contribution in [0.15, 0.2) is 23.2 Å². The third-order valence-electron chi connectivity index (χ3n) is 2.39. The van der Waals surface area contributed by atoms with Gasteiger partial charge in [-0.15, -0.1) is 0 Å². The summed E-state index contributed by atoms with van der Waals surface area (Å²) in [6, 6.07) is 0. The van der Waals surface area contributed by atoms with Gasteiger partial charge in [0.1, 0.15) is 0 Å². The Morgan fingerprint density at radius 2 is 2.41 bits per heavy atom. The molecule has 0 fully saturated rings. The van der Waals surface area contributed by atoms with E-state index in [0.717, 1.165) is 32.5 Å². The van der Waals surface area contributed by atoms with Crippen molar-refractivity contribution in [1.29, 1.82) is 0 Å². The highest BCUT2D eigenvalue weighted by Crippen LogP contribution is 1.98. The third-order valence-corrected chi connectivity index (χ3v) is 2.39. The van der Waals surface area contributed by atoms with E-state index in [-0.39, 0.29) is 0 Å². The zero-order chi connectivity index (χ0) is 11.9. The molecule has 6 heteroatoms. The second-order valence-corrected chi connectivity index (χ2v) is 3.87. The summed E-state index contributed by atoms with van der Waals surface area (Å²) in [6.45, 7) is 4.75. The summed E-state index contributed by atoms with van der Waals surface area (Å²) in [4.78, 5) is 3.96. The molecular formula is C11H17N5O. The molecule has 6 nitrogen and oxygen atoms in total. The van der Waals surface area contributed by atoms with Crippen molar-refractivity contribution in [3.63, 3.8) is 0 Å². The fourth-order valence-electron chi connectivity index (χ4n) is 1.58. The predicted octanol–water partition coefficient (Wildman–Crippen LogP) is 1.01. The quantitative estimate of drug-likeness (QED) is 0.725. The largest absolute Gasteiger partial charge is 0.340 e. The van der Waals surface area contributed by atoms with Gasteiger partial charge in [0, 0.05) is 37.8 Å². The van der Waals surface area contributed by atoms with Gasteiger partial charge in [-0.25, -0.2) is 0 Å². The van der Waals surface area contributed by atoms with Crippen LogP contribution in [0, 0.1) is 0 Å². The number of aryl methyl sites for hydroxylation is 1. The van der Waals surface area contributed by atoms with E-state index in [1.165, 1.54) is 11.9 Å². The summed E-state index contributed by atoms with van der Waals surface area (Å²) in [5, 5.41) is 11.1. The highest BCUT2D eigenvalue weighted by molar-refractivity contribution is 5.03. The third kappa shape index (κ3) is 3.67. The van der Waals surface area contributed by atoms with Gasteiger partial charge in [-0.1, -0.05) is 12.1 Å². The lowest BCUT2D eigenvalue weighted by atomic mass is 10.3. The highest BCUT2D eigenvalue weighted by Gasteiger charge is 2.00. The van der Waals surface area contributed by atoms with Crippen molar-refractivity contribution in [2.75, 3.05) is 6.54 Å². The van der Waals surface area contributed by atoms with Gasteiger partial charge in [0.15, 0.2) is 6.33 Å². The van der Waals surface area contributed by atoms with E-state index in [2.05, 4.69) is 33.7 Å². The van der Waals surface area contributed by atoms with E-state index in [0.29, 0.717) is 5.89 Å². The molecule has 2 heterocycles. The van der Waals surface area contributed by atoms with Crippen LogP contribution in [0.5, 0.6) is 0 Å². The minimum Gasteiger partial charge on any atom is -0.340 e. The van der Waals surface area contributed by atoms with Crippen molar-refractivity contribution >= 4 is 0 Å². The van der Waals surface area contributed by atoms with Crippen LogP contribution in [-0.2, 0) is 19.5 Å². The molecule has 0 aromatic carbocycles. The molecular weight excluding hydrogens is 218 g/mol. The summed E-state index contributed by atoms with van der Waals surface area (Å²) < 4.78 is 6.87. The lowest BCUT2D eigenvalue weighted by Gasteiger charge is -1.99. The van der Waals surface area contributed by atoms with Crippen LogP contribution in [0.25, 0.3) is 0 Å². The first-order valence-electron chi connectivity index (χ1n) is 5.86. The molecule has 0 unspecified atom stereocenters. The molecule has 0 bridgehead atoms. The van der Waals surface area contributed by atoms with Gasteiger partial charge in [-0.3, -0.25) is 4.68 Å². The Balaban J connectivity index is 1.67. The van der Waals surface area contributed by atoms with Crippen LogP contribution in [0.4, 0.5) is 0 Å². The molecule has 0 saturated heterocycles. The molecule has 0 amide bonds. The first-order chi connectivity index (χ1) is 8.38. The summed E-state index contributed by atoms with van der Waals surface area (Å²) in [5.74, 6) is 0.666. The molecule has 2 aromatic rings. The van der Waals surface area contributed by atoms with Crippen molar-refractivity contribution < 1.29 is 4.52 Å². The van der Waals surface area contributed by atoms with Crippen LogP contribution in [0.2, 0.25) is 0 Å². The van der Waals surface area contributed by atoms with E-state index in [1.54, 1.807) is 0 Å². The number of nitrogens with one attached hydrogen (secondary N) is 1. The lowest BCUT2D eigenvalue weighted by Crippen LogP contribution is -2.16. The summed E-state index contributed by atoms with van der Waals surface area (Å²) >= 11 is 0. The standard InChI is InChI=1S/C11H17N5O/c1-2-5-16-8-10(7-14-16)6-12-4-3-11-13-9-15-17-11/h7-9,12H,2-6H2,1H3. The first kappa shape index (κ1) is 11.8. The summed E-state index contributed by atoms with van der Waals surface area (Å²) in [6.07, 6.45) is 7.25. The van der Waals surface area contributed by atoms with Crippen LogP contribution in [0.3, 0.4) is 0 Å². The van der Waals surface area contributed by atoms with Crippen molar-refractivity contribution in [3.05, 3.63) is 30.2 Å². The van der Waals surface area contributed by atoms with Gasteiger partial charge < -0.3 is 9.84 Å². The first-order valence-corrected chi connectivity index (χ1v) is 5.86. The molecule has 2 aromatic heterocycles. The fourth-order valence-corrected chi connectivity index (χ4v) is 1.58. The van der Waals surface area contributed by atoms with Crippen LogP contribution in [0.1, 0.15) is 24.8 Å². The van der Waals surface area contributed by atoms with Gasteiger partial charge >= 0.3 is 0 Å². The molecule has 0 spiro atoms. The minimum absolute atomic E-state index is 0.666. The Morgan fingerprint density at radius 3 is 3.18 bits per heavy atom. The lowest BCUT2D eigenvalue weighted by molar-refractivity contribution is 0.375. The van der Waals surface area contributed by atoms with Crippen LogP contribution < -0.4 is 5.32 Å². The second-order valence-electron chi connectivity index (χ2n) is 3.87. The van der Waals surface area contributed by atoms with Crippen molar-refractivity contribution in [2.24, 2.45) is 0 Å². The molecule has 0 aliphatic carbocycles. The number of hydrogen-bond acceptors (Lipinski definition) is 5. The number of rotatable bonds is 7. The van der Waals surface area contributed by atoms with Gasteiger partial charge in [-0.2, -0.15) is 10.1 Å². The van der Waals surface area contributed by atoms with Crippen molar-refractivity contribution in [1.82, 2.24) is 25.2 Å². The molecule has 2 rings (SSSR count). The number of hydrogen-bond donors (Lipinski definition) is 1. The van der Waals surface area contributed by atoms with Crippen molar-refractivity contribution in [2.45, 2.75) is 32.9 Å². The average molecular weight is 235 g/mol. The van der Waals surface area contributed by atoms with Gasteiger partial charge in [0.2, 0.25) is 5.89 Å². The Bertz CT molecular complexity index is 423. The van der Waals surface area contributed by atoms with Crippen molar-refractivity contribution in [3.8, 4) is 0 Å².